The average Bonchev–Trinajstić information content (AvgIpc) is 3.09. The summed E-state index contributed by atoms with van der Waals surface area (Å²) >= 11 is 0. The maximum atomic E-state index is 8.84. The fourth-order valence-corrected chi connectivity index (χ4v) is 2.51. The van der Waals surface area contributed by atoms with Crippen molar-refractivity contribution >= 4 is 5.82 Å². The lowest BCUT2D eigenvalue weighted by Gasteiger charge is -1.98. The van der Waals surface area contributed by atoms with Crippen LogP contribution >= 0.6 is 0 Å². The Labute approximate surface area is 89.1 Å². The lowest BCUT2D eigenvalue weighted by molar-refractivity contribution is 0.270. The highest BCUT2D eigenvalue weighted by Gasteiger charge is 2.49. The highest BCUT2D eigenvalue weighted by Crippen LogP contribution is 2.59. The fourth-order valence-electron chi connectivity index (χ4n) is 2.51. The first-order valence-electron chi connectivity index (χ1n) is 5.73. The molecule has 0 aliphatic heterocycles. The van der Waals surface area contributed by atoms with Crippen molar-refractivity contribution in [1.29, 1.82) is 0 Å². The maximum Gasteiger partial charge on any atom is 0.122 e. The quantitative estimate of drug-likeness (QED) is 0.773. The first-order chi connectivity index (χ1) is 7.29. The molecule has 1 aromatic rings. The summed E-state index contributed by atoms with van der Waals surface area (Å²) in [6.45, 7) is 0.606. The molecule has 0 bridgehead atoms. The maximum absolute atomic E-state index is 8.84. The summed E-state index contributed by atoms with van der Waals surface area (Å²) in [5.74, 6) is 3.18. The second kappa shape index (κ2) is 3.23. The number of hydrogen-bond acceptors (Lipinski definition) is 3. The molecule has 2 aliphatic rings. The monoisotopic (exact) mass is 207 g/mol. The molecule has 0 saturated heterocycles. The Morgan fingerprint density at radius 3 is 3.00 bits per heavy atom. The van der Waals surface area contributed by atoms with Crippen LogP contribution in [0.15, 0.2) is 6.07 Å². The van der Waals surface area contributed by atoms with Crippen LogP contribution in [0.5, 0.6) is 0 Å². The Bertz CT molecular complexity index is 370. The third-order valence-electron chi connectivity index (χ3n) is 3.59. The van der Waals surface area contributed by atoms with Crippen LogP contribution in [0.25, 0.3) is 0 Å². The molecule has 1 heterocycles. The van der Waals surface area contributed by atoms with Crippen molar-refractivity contribution in [2.24, 2.45) is 11.8 Å². The molecule has 3 N–H and O–H groups in total. The zero-order valence-electron chi connectivity index (χ0n) is 8.76. The Morgan fingerprint density at radius 1 is 1.53 bits per heavy atom. The molecule has 82 valence electrons. The number of aliphatic hydroxyl groups excluding tert-OH is 1. The van der Waals surface area contributed by atoms with E-state index in [0.29, 0.717) is 18.3 Å². The van der Waals surface area contributed by atoms with Crippen molar-refractivity contribution in [2.75, 3.05) is 12.3 Å². The van der Waals surface area contributed by atoms with Crippen LogP contribution in [0.1, 0.15) is 30.9 Å². The summed E-state index contributed by atoms with van der Waals surface area (Å²) in [4.78, 5) is 0. The van der Waals surface area contributed by atoms with Crippen LogP contribution in [-0.2, 0) is 6.54 Å². The minimum atomic E-state index is 0.0992. The van der Waals surface area contributed by atoms with Crippen LogP contribution in [0.4, 0.5) is 5.82 Å². The lowest BCUT2D eigenvalue weighted by Crippen LogP contribution is -2.07. The van der Waals surface area contributed by atoms with Gasteiger partial charge < -0.3 is 10.8 Å². The van der Waals surface area contributed by atoms with Crippen molar-refractivity contribution in [3.63, 3.8) is 0 Å². The van der Waals surface area contributed by atoms with Crippen molar-refractivity contribution in [1.82, 2.24) is 9.78 Å². The number of nitrogen functional groups attached to an aromatic ring is 1. The number of rotatable bonds is 4. The Kier molecular flexibility index (Phi) is 1.99. The van der Waals surface area contributed by atoms with Crippen LogP contribution in [0.2, 0.25) is 0 Å². The predicted octanol–water partition coefficient (Wildman–Crippen LogP) is 0.971. The Balaban J connectivity index is 1.72. The summed E-state index contributed by atoms with van der Waals surface area (Å²) in [6, 6.07) is 1.97. The molecule has 2 atom stereocenters. The van der Waals surface area contributed by atoms with Gasteiger partial charge in [0.25, 0.3) is 0 Å². The number of hydrogen-bond donors (Lipinski definition) is 2. The normalized spacial score (nSPS) is 29.4. The van der Waals surface area contributed by atoms with Gasteiger partial charge in [-0.15, -0.1) is 0 Å². The first kappa shape index (κ1) is 9.21. The average molecular weight is 207 g/mol. The molecule has 3 rings (SSSR count). The molecule has 2 saturated carbocycles. The third-order valence-corrected chi connectivity index (χ3v) is 3.59. The zero-order valence-corrected chi connectivity index (χ0v) is 8.76. The largest absolute Gasteiger partial charge is 0.394 e. The molecular formula is C11H17N3O. The SMILES string of the molecule is Nc1cc(C2CC2C2CC2)nn1CCO. The number of aromatic nitrogens is 2. The van der Waals surface area contributed by atoms with Gasteiger partial charge in [0, 0.05) is 12.0 Å². The topological polar surface area (TPSA) is 64.1 Å². The molecule has 0 aromatic carbocycles. The van der Waals surface area contributed by atoms with Gasteiger partial charge in [0.2, 0.25) is 0 Å². The van der Waals surface area contributed by atoms with Gasteiger partial charge in [0.15, 0.2) is 0 Å². The minimum Gasteiger partial charge on any atom is -0.394 e. The number of nitrogens with two attached hydrogens (primary N) is 1. The summed E-state index contributed by atoms with van der Waals surface area (Å²) in [6.07, 6.45) is 4.11. The van der Waals surface area contributed by atoms with E-state index < -0.39 is 0 Å². The van der Waals surface area contributed by atoms with E-state index in [1.54, 1.807) is 4.68 Å². The van der Waals surface area contributed by atoms with E-state index in [0.717, 1.165) is 17.5 Å². The van der Waals surface area contributed by atoms with Crippen LogP contribution in [0.3, 0.4) is 0 Å². The molecule has 4 nitrogen and oxygen atoms in total. The van der Waals surface area contributed by atoms with Gasteiger partial charge in [-0.1, -0.05) is 0 Å². The van der Waals surface area contributed by atoms with Gasteiger partial charge in [0.1, 0.15) is 5.82 Å². The molecule has 2 unspecified atom stereocenters. The summed E-state index contributed by atoms with van der Waals surface area (Å²) in [7, 11) is 0. The molecule has 0 radical (unpaired) electrons. The Hall–Kier alpha value is -1.03. The fraction of sp³-hybridized carbons (Fsp3) is 0.727. The van der Waals surface area contributed by atoms with Crippen LogP contribution in [0, 0.1) is 11.8 Å². The number of nitrogens with zero attached hydrogens (tertiary/aromatic N) is 2. The van der Waals surface area contributed by atoms with Crippen molar-refractivity contribution < 1.29 is 5.11 Å². The third kappa shape index (κ3) is 1.63. The smallest absolute Gasteiger partial charge is 0.122 e. The zero-order chi connectivity index (χ0) is 10.4. The van der Waals surface area contributed by atoms with E-state index in [2.05, 4.69) is 5.10 Å². The summed E-state index contributed by atoms with van der Waals surface area (Å²) in [5, 5.41) is 13.3. The van der Waals surface area contributed by atoms with E-state index in [-0.39, 0.29) is 6.61 Å². The Morgan fingerprint density at radius 2 is 2.33 bits per heavy atom. The predicted molar refractivity (Wildman–Crippen MR) is 57.3 cm³/mol. The first-order valence-corrected chi connectivity index (χ1v) is 5.73. The standard InChI is InChI=1S/C11H17N3O/c12-11-6-10(13-14(11)3-4-15)9-5-8(9)7-1-2-7/h6-9,15H,1-5,12H2. The molecule has 15 heavy (non-hydrogen) atoms. The van der Waals surface area contributed by atoms with Gasteiger partial charge in [-0.25, -0.2) is 4.68 Å². The van der Waals surface area contributed by atoms with Crippen LogP contribution in [-0.4, -0.2) is 21.5 Å². The van der Waals surface area contributed by atoms with E-state index in [4.69, 9.17) is 10.8 Å². The number of aliphatic hydroxyl groups is 1. The second-order valence-corrected chi connectivity index (χ2v) is 4.78. The highest BCUT2D eigenvalue weighted by atomic mass is 16.3. The van der Waals surface area contributed by atoms with Gasteiger partial charge in [0.05, 0.1) is 18.8 Å². The van der Waals surface area contributed by atoms with E-state index >= 15 is 0 Å². The number of anilines is 1. The molecule has 0 spiro atoms. The lowest BCUT2D eigenvalue weighted by atomic mass is 10.2. The van der Waals surface area contributed by atoms with Gasteiger partial charge in [-0.3, -0.25) is 0 Å². The summed E-state index contributed by atoms with van der Waals surface area (Å²) < 4.78 is 1.71. The van der Waals surface area contributed by atoms with Gasteiger partial charge in [-0.2, -0.15) is 5.10 Å². The molecule has 4 heteroatoms. The van der Waals surface area contributed by atoms with E-state index in [1.807, 2.05) is 6.07 Å². The van der Waals surface area contributed by atoms with E-state index in [9.17, 15) is 0 Å². The molecular weight excluding hydrogens is 190 g/mol. The molecule has 2 fully saturated rings. The minimum absolute atomic E-state index is 0.0992. The van der Waals surface area contributed by atoms with Crippen molar-refractivity contribution in [3.8, 4) is 0 Å². The van der Waals surface area contributed by atoms with Crippen LogP contribution < -0.4 is 5.73 Å². The molecule has 2 aliphatic carbocycles. The molecule has 0 amide bonds. The van der Waals surface area contributed by atoms with Crippen molar-refractivity contribution in [3.05, 3.63) is 11.8 Å². The highest BCUT2D eigenvalue weighted by molar-refractivity contribution is 5.35. The summed E-state index contributed by atoms with van der Waals surface area (Å²) in [5.41, 5.74) is 6.96. The van der Waals surface area contributed by atoms with Gasteiger partial charge in [-0.05, 0) is 31.1 Å². The van der Waals surface area contributed by atoms with Crippen molar-refractivity contribution in [2.45, 2.75) is 31.7 Å². The molecule has 1 aromatic heterocycles. The van der Waals surface area contributed by atoms with E-state index in [1.165, 1.54) is 19.3 Å². The second-order valence-electron chi connectivity index (χ2n) is 4.78. The van der Waals surface area contributed by atoms with Gasteiger partial charge >= 0.3 is 0 Å².